The highest BCUT2D eigenvalue weighted by atomic mass is 16.6. The minimum absolute atomic E-state index is 0.143. The van der Waals surface area contributed by atoms with Gasteiger partial charge in [0.15, 0.2) is 0 Å². The third-order valence-electron chi connectivity index (χ3n) is 3.59. The van der Waals surface area contributed by atoms with E-state index in [-0.39, 0.29) is 6.61 Å². The van der Waals surface area contributed by atoms with E-state index >= 15 is 0 Å². The normalized spacial score (nSPS) is 17.1. The van der Waals surface area contributed by atoms with Crippen molar-refractivity contribution in [3.8, 4) is 0 Å². The average Bonchev–Trinajstić information content (AvgIpc) is 2.56. The van der Waals surface area contributed by atoms with Crippen LogP contribution in [0, 0.1) is 6.92 Å². The van der Waals surface area contributed by atoms with Crippen LogP contribution in [0.5, 0.6) is 0 Å². The van der Waals surface area contributed by atoms with Crippen molar-refractivity contribution in [3.05, 3.63) is 29.8 Å². The van der Waals surface area contributed by atoms with Crippen molar-refractivity contribution in [2.24, 2.45) is 4.99 Å². The fourth-order valence-electron chi connectivity index (χ4n) is 2.30. The van der Waals surface area contributed by atoms with Crippen LogP contribution in [0.25, 0.3) is 0 Å². The van der Waals surface area contributed by atoms with Crippen molar-refractivity contribution in [2.75, 3.05) is 35.0 Å². The number of nitrogens with zero attached hydrogens (tertiary/aromatic N) is 1. The summed E-state index contributed by atoms with van der Waals surface area (Å²) in [5, 5.41) is 10.1. The maximum Gasteiger partial charge on any atom is 0.121 e. The smallest absolute Gasteiger partial charge is 0.121 e. The second-order valence-corrected chi connectivity index (χ2v) is 5.24. The molecular formula is C17H27NO5. The van der Waals surface area contributed by atoms with Crippen LogP contribution in [0.2, 0.25) is 0 Å². The standard InChI is InChI=1S/C17H27NO5/c1-12-6-8-13(9-7-12)18-10-15(21-3)17(23-5)16(22-4)14(19)11-20-2/h6-10,14-17,19H,11H2,1-5H3/t14-,15-,16-,17-/m1/s1. The number of aliphatic imine (C=N–C) groups is 1. The van der Waals surface area contributed by atoms with Crippen molar-refractivity contribution in [1.29, 1.82) is 0 Å². The molecule has 0 aliphatic carbocycles. The number of hydrogen-bond acceptors (Lipinski definition) is 6. The average molecular weight is 325 g/mol. The highest BCUT2D eigenvalue weighted by Gasteiger charge is 2.34. The van der Waals surface area contributed by atoms with Gasteiger partial charge < -0.3 is 24.1 Å². The molecule has 0 aromatic heterocycles. The van der Waals surface area contributed by atoms with E-state index in [4.69, 9.17) is 18.9 Å². The zero-order valence-corrected chi connectivity index (χ0v) is 14.4. The summed E-state index contributed by atoms with van der Waals surface area (Å²) in [4.78, 5) is 4.41. The van der Waals surface area contributed by atoms with E-state index in [2.05, 4.69) is 4.99 Å². The lowest BCUT2D eigenvalue weighted by Crippen LogP contribution is -2.49. The molecule has 0 spiro atoms. The Balaban J connectivity index is 2.87. The lowest BCUT2D eigenvalue weighted by Gasteiger charge is -2.31. The van der Waals surface area contributed by atoms with Gasteiger partial charge in [0.1, 0.15) is 24.4 Å². The fraction of sp³-hybridized carbons (Fsp3) is 0.588. The van der Waals surface area contributed by atoms with Gasteiger partial charge >= 0.3 is 0 Å². The third kappa shape index (κ3) is 6.01. The Labute approximate surface area is 138 Å². The van der Waals surface area contributed by atoms with Gasteiger partial charge in [-0.2, -0.15) is 0 Å². The van der Waals surface area contributed by atoms with E-state index in [9.17, 15) is 5.11 Å². The summed E-state index contributed by atoms with van der Waals surface area (Å²) in [7, 11) is 6.14. The molecule has 23 heavy (non-hydrogen) atoms. The predicted molar refractivity (Wildman–Crippen MR) is 89.6 cm³/mol. The molecule has 0 bridgehead atoms. The number of aliphatic hydroxyl groups is 1. The SMILES string of the molecule is COC[C@@H](O)[C@@H](OC)[C@H](OC)[C@@H](C=Nc1ccc(C)cc1)OC. The van der Waals surface area contributed by atoms with Crippen LogP contribution >= 0.6 is 0 Å². The lowest BCUT2D eigenvalue weighted by atomic mass is 10.0. The van der Waals surface area contributed by atoms with Gasteiger partial charge in [-0.25, -0.2) is 0 Å². The predicted octanol–water partition coefficient (Wildman–Crippen LogP) is 1.75. The molecule has 130 valence electrons. The number of benzene rings is 1. The van der Waals surface area contributed by atoms with Gasteiger partial charge in [-0.15, -0.1) is 0 Å². The van der Waals surface area contributed by atoms with Gasteiger partial charge in [0.2, 0.25) is 0 Å². The van der Waals surface area contributed by atoms with Crippen molar-refractivity contribution in [2.45, 2.75) is 31.3 Å². The van der Waals surface area contributed by atoms with Crippen LogP contribution in [0.1, 0.15) is 5.56 Å². The minimum atomic E-state index is -0.833. The molecule has 0 fully saturated rings. The molecule has 1 aromatic carbocycles. The number of aryl methyl sites for hydroxylation is 1. The first-order valence-electron chi connectivity index (χ1n) is 7.43. The third-order valence-corrected chi connectivity index (χ3v) is 3.59. The van der Waals surface area contributed by atoms with Crippen LogP contribution < -0.4 is 0 Å². The zero-order valence-electron chi connectivity index (χ0n) is 14.4. The maximum absolute atomic E-state index is 10.1. The first-order valence-corrected chi connectivity index (χ1v) is 7.43. The van der Waals surface area contributed by atoms with Crippen LogP contribution in [-0.4, -0.2) is 70.8 Å². The second kappa shape index (κ2) is 10.5. The molecule has 6 heteroatoms. The molecule has 0 amide bonds. The topological polar surface area (TPSA) is 69.5 Å². The molecule has 0 saturated heterocycles. The van der Waals surface area contributed by atoms with Gasteiger partial charge in [-0.3, -0.25) is 4.99 Å². The molecule has 1 aromatic rings. The van der Waals surface area contributed by atoms with E-state index in [1.807, 2.05) is 31.2 Å². The second-order valence-electron chi connectivity index (χ2n) is 5.24. The highest BCUT2D eigenvalue weighted by molar-refractivity contribution is 5.68. The minimum Gasteiger partial charge on any atom is -0.388 e. The maximum atomic E-state index is 10.1. The van der Waals surface area contributed by atoms with E-state index in [1.165, 1.54) is 19.8 Å². The largest absolute Gasteiger partial charge is 0.388 e. The summed E-state index contributed by atoms with van der Waals surface area (Å²) in [6, 6.07) is 7.83. The van der Waals surface area contributed by atoms with Gasteiger partial charge in [-0.05, 0) is 19.1 Å². The van der Waals surface area contributed by atoms with E-state index in [1.54, 1.807) is 20.4 Å². The summed E-state index contributed by atoms with van der Waals surface area (Å²) in [6.07, 6.45) is -0.776. The summed E-state index contributed by atoms with van der Waals surface area (Å²) in [5.41, 5.74) is 1.99. The molecule has 6 nitrogen and oxygen atoms in total. The molecule has 0 aliphatic heterocycles. The Bertz CT molecular complexity index is 463. The molecule has 4 atom stereocenters. The van der Waals surface area contributed by atoms with Gasteiger partial charge in [0.05, 0.1) is 12.3 Å². The number of aliphatic hydroxyl groups excluding tert-OH is 1. The Morgan fingerprint density at radius 1 is 1.00 bits per heavy atom. The van der Waals surface area contributed by atoms with Crippen molar-refractivity contribution in [1.82, 2.24) is 0 Å². The molecule has 1 N–H and O–H groups in total. The van der Waals surface area contributed by atoms with Gasteiger partial charge in [0, 0.05) is 34.7 Å². The Morgan fingerprint density at radius 2 is 1.61 bits per heavy atom. The highest BCUT2D eigenvalue weighted by Crippen LogP contribution is 2.16. The molecule has 0 aliphatic rings. The van der Waals surface area contributed by atoms with E-state index < -0.39 is 24.4 Å². The zero-order chi connectivity index (χ0) is 17.2. The van der Waals surface area contributed by atoms with E-state index in [0.29, 0.717) is 0 Å². The van der Waals surface area contributed by atoms with Gasteiger partial charge in [0.25, 0.3) is 0 Å². The Hall–Kier alpha value is -1.31. The van der Waals surface area contributed by atoms with Crippen LogP contribution in [0.4, 0.5) is 5.69 Å². The molecule has 0 unspecified atom stereocenters. The van der Waals surface area contributed by atoms with Crippen molar-refractivity contribution < 1.29 is 24.1 Å². The van der Waals surface area contributed by atoms with Crippen molar-refractivity contribution >= 4 is 11.9 Å². The summed E-state index contributed by atoms with van der Waals surface area (Å²) >= 11 is 0. The molecular weight excluding hydrogens is 298 g/mol. The lowest BCUT2D eigenvalue weighted by molar-refractivity contribution is -0.137. The summed E-state index contributed by atoms with van der Waals surface area (Å²) < 4.78 is 21.3. The van der Waals surface area contributed by atoms with Crippen LogP contribution in [0.3, 0.4) is 0 Å². The first-order chi connectivity index (χ1) is 11.1. The molecule has 1 rings (SSSR count). The summed E-state index contributed by atoms with van der Waals surface area (Å²) in [5.74, 6) is 0. The molecule has 0 saturated carbocycles. The molecule has 0 heterocycles. The number of hydrogen-bond donors (Lipinski definition) is 1. The number of ether oxygens (including phenoxy) is 4. The molecule has 0 radical (unpaired) electrons. The van der Waals surface area contributed by atoms with E-state index in [0.717, 1.165) is 5.69 Å². The quantitative estimate of drug-likeness (QED) is 0.664. The van der Waals surface area contributed by atoms with Crippen molar-refractivity contribution in [3.63, 3.8) is 0 Å². The first kappa shape index (κ1) is 19.7. The Morgan fingerprint density at radius 3 is 2.09 bits per heavy atom. The number of methoxy groups -OCH3 is 4. The fourth-order valence-corrected chi connectivity index (χ4v) is 2.30. The number of rotatable bonds is 10. The summed E-state index contributed by atoms with van der Waals surface area (Å²) in [6.45, 7) is 2.16. The Kier molecular flexibility index (Phi) is 8.98. The van der Waals surface area contributed by atoms with Crippen LogP contribution in [-0.2, 0) is 18.9 Å². The monoisotopic (exact) mass is 325 g/mol. The van der Waals surface area contributed by atoms with Gasteiger partial charge in [-0.1, -0.05) is 17.7 Å². The van der Waals surface area contributed by atoms with Crippen LogP contribution in [0.15, 0.2) is 29.3 Å².